The maximum absolute atomic E-state index is 13.8. The number of hydrogen-bond acceptors (Lipinski definition) is 9. The Morgan fingerprint density at radius 2 is 1.47 bits per heavy atom. The summed E-state index contributed by atoms with van der Waals surface area (Å²) in [4.78, 5) is 23.0. The van der Waals surface area contributed by atoms with Gasteiger partial charge in [-0.3, -0.25) is 9.52 Å². The zero-order valence-electron chi connectivity index (χ0n) is 25.1. The zero-order valence-corrected chi connectivity index (χ0v) is 25.9. The lowest BCUT2D eigenvalue weighted by Crippen LogP contribution is -2.36. The number of carbonyl (C=O) groups excluding carboxylic acids is 1. The van der Waals surface area contributed by atoms with Crippen LogP contribution in [0, 0.1) is 0 Å². The van der Waals surface area contributed by atoms with E-state index in [2.05, 4.69) is 20.0 Å². The van der Waals surface area contributed by atoms with Crippen molar-refractivity contribution in [1.29, 1.82) is 0 Å². The number of para-hydroxylation sites is 2. The summed E-state index contributed by atoms with van der Waals surface area (Å²) in [7, 11) is -1.10. The topological polar surface area (TPSA) is 149 Å². The normalized spacial score (nSPS) is 11.9. The predicted octanol–water partition coefficient (Wildman–Crippen LogP) is 5.29. The third-order valence-electron chi connectivity index (χ3n) is 7.12. The van der Waals surface area contributed by atoms with Crippen molar-refractivity contribution in [2.45, 2.75) is 17.7 Å². The zero-order chi connectivity index (χ0) is 32.0. The molecule has 232 valence electrons. The number of hydrogen-bond donors (Lipinski definition) is 3. The van der Waals surface area contributed by atoms with Crippen LogP contribution in [0.15, 0.2) is 102 Å². The highest BCUT2D eigenvalue weighted by molar-refractivity contribution is 7.92. The van der Waals surface area contributed by atoms with Crippen LogP contribution in [0.4, 0.5) is 23.0 Å². The van der Waals surface area contributed by atoms with Crippen LogP contribution in [-0.4, -0.2) is 51.6 Å². The number of primary amides is 1. The van der Waals surface area contributed by atoms with Crippen LogP contribution < -0.4 is 30.1 Å². The maximum atomic E-state index is 13.8. The molecule has 5 rings (SSSR count). The van der Waals surface area contributed by atoms with Gasteiger partial charge in [-0.15, -0.1) is 0 Å². The molecule has 0 saturated heterocycles. The van der Waals surface area contributed by atoms with Crippen molar-refractivity contribution in [1.82, 2.24) is 9.97 Å². The van der Waals surface area contributed by atoms with E-state index < -0.39 is 15.9 Å². The van der Waals surface area contributed by atoms with Crippen LogP contribution in [0.3, 0.4) is 0 Å². The first-order chi connectivity index (χ1) is 21.6. The molecule has 0 bridgehead atoms. The van der Waals surface area contributed by atoms with E-state index in [0.29, 0.717) is 40.5 Å². The molecular formula is C33H34N6O5S. The molecule has 4 N–H and O–H groups in total. The van der Waals surface area contributed by atoms with Gasteiger partial charge in [-0.1, -0.05) is 55.5 Å². The monoisotopic (exact) mass is 626 g/mol. The Balaban J connectivity index is 1.48. The Hall–Kier alpha value is -5.36. The average Bonchev–Trinajstić information content (AvgIpc) is 3.04. The van der Waals surface area contributed by atoms with Gasteiger partial charge >= 0.3 is 0 Å². The number of rotatable bonds is 13. The number of nitrogens with two attached hydrogens (primary N) is 1. The van der Waals surface area contributed by atoms with Crippen molar-refractivity contribution in [2.24, 2.45) is 5.73 Å². The van der Waals surface area contributed by atoms with E-state index in [9.17, 15) is 13.2 Å². The Labute approximate surface area is 262 Å². The number of benzene rings is 4. The van der Waals surface area contributed by atoms with Crippen molar-refractivity contribution in [3.8, 4) is 11.5 Å². The Kier molecular flexibility index (Phi) is 9.33. The Morgan fingerprint density at radius 3 is 2.09 bits per heavy atom. The van der Waals surface area contributed by atoms with Gasteiger partial charge in [-0.25, -0.2) is 18.4 Å². The number of amides is 1. The minimum atomic E-state index is -4.17. The van der Waals surface area contributed by atoms with Crippen molar-refractivity contribution in [3.63, 3.8) is 0 Å². The number of anilines is 4. The number of ether oxygens (including phenoxy) is 2. The second kappa shape index (κ2) is 13.5. The summed E-state index contributed by atoms with van der Waals surface area (Å²) in [5, 5.41) is 3.16. The highest BCUT2D eigenvalue weighted by Gasteiger charge is 2.22. The number of aromatic nitrogens is 2. The van der Waals surface area contributed by atoms with E-state index in [1.807, 2.05) is 43.3 Å². The largest absolute Gasteiger partial charge is 0.497 e. The van der Waals surface area contributed by atoms with Gasteiger partial charge in [0.2, 0.25) is 5.91 Å². The number of nitrogens with one attached hydrogen (secondary N) is 2. The van der Waals surface area contributed by atoms with E-state index in [1.54, 1.807) is 53.4 Å². The average molecular weight is 627 g/mol. The summed E-state index contributed by atoms with van der Waals surface area (Å²) in [6.45, 7) is 2.40. The SMILES string of the molecule is COc1cc(Nc2nc3ccccc3nc2NS(=O)(=O)c2cccc(N(CC(N)=O)CC(C)c3ccccc3)c2)cc(OC)c1. The third kappa shape index (κ3) is 7.60. The summed E-state index contributed by atoms with van der Waals surface area (Å²) >= 11 is 0. The van der Waals surface area contributed by atoms with Gasteiger partial charge in [0.1, 0.15) is 11.5 Å². The molecule has 0 aliphatic rings. The summed E-state index contributed by atoms with van der Waals surface area (Å²) in [6, 6.07) is 28.5. The fourth-order valence-electron chi connectivity index (χ4n) is 4.88. The molecule has 1 unspecified atom stereocenters. The fraction of sp³-hybridized carbons (Fsp3) is 0.182. The summed E-state index contributed by atoms with van der Waals surface area (Å²) in [5.41, 5.74) is 8.81. The van der Waals surface area contributed by atoms with Crippen LogP contribution in [0.1, 0.15) is 18.4 Å². The Bertz CT molecular complexity index is 1900. The molecule has 1 aromatic heterocycles. The molecule has 12 heteroatoms. The molecule has 1 amide bonds. The van der Waals surface area contributed by atoms with Gasteiger partial charge in [-0.2, -0.15) is 0 Å². The maximum Gasteiger partial charge on any atom is 0.263 e. The van der Waals surface area contributed by atoms with E-state index in [4.69, 9.17) is 15.2 Å². The lowest BCUT2D eigenvalue weighted by Gasteiger charge is -2.27. The quantitative estimate of drug-likeness (QED) is 0.159. The number of fused-ring (bicyclic) bond motifs is 1. The molecule has 4 aromatic carbocycles. The van der Waals surface area contributed by atoms with E-state index >= 15 is 0 Å². The van der Waals surface area contributed by atoms with Crippen LogP contribution >= 0.6 is 0 Å². The van der Waals surface area contributed by atoms with Gasteiger partial charge in [-0.05, 0) is 41.8 Å². The second-order valence-corrected chi connectivity index (χ2v) is 12.1. The lowest BCUT2D eigenvalue weighted by atomic mass is 10.0. The number of methoxy groups -OCH3 is 2. The molecule has 0 fully saturated rings. The van der Waals surface area contributed by atoms with Crippen molar-refractivity contribution in [2.75, 3.05) is 42.2 Å². The lowest BCUT2D eigenvalue weighted by molar-refractivity contribution is -0.116. The van der Waals surface area contributed by atoms with E-state index in [1.165, 1.54) is 26.4 Å². The number of carbonyl (C=O) groups is 1. The number of sulfonamides is 1. The van der Waals surface area contributed by atoms with Crippen LogP contribution in [0.2, 0.25) is 0 Å². The van der Waals surface area contributed by atoms with Crippen LogP contribution in [0.5, 0.6) is 11.5 Å². The molecule has 45 heavy (non-hydrogen) atoms. The smallest absolute Gasteiger partial charge is 0.263 e. The van der Waals surface area contributed by atoms with Gasteiger partial charge in [0.25, 0.3) is 10.0 Å². The van der Waals surface area contributed by atoms with Gasteiger partial charge < -0.3 is 25.4 Å². The fourth-order valence-corrected chi connectivity index (χ4v) is 5.92. The molecule has 11 nitrogen and oxygen atoms in total. The van der Waals surface area contributed by atoms with Crippen LogP contribution in [0.25, 0.3) is 11.0 Å². The molecule has 0 saturated carbocycles. The van der Waals surface area contributed by atoms with Crippen LogP contribution in [-0.2, 0) is 14.8 Å². The molecular weight excluding hydrogens is 592 g/mol. The molecule has 1 atom stereocenters. The van der Waals surface area contributed by atoms with Crippen molar-refractivity contribution >= 4 is 50.0 Å². The first-order valence-electron chi connectivity index (χ1n) is 14.1. The molecule has 1 heterocycles. The molecule has 5 aromatic rings. The highest BCUT2D eigenvalue weighted by atomic mass is 32.2. The van der Waals surface area contributed by atoms with E-state index in [0.717, 1.165) is 5.56 Å². The van der Waals surface area contributed by atoms with Gasteiger partial charge in [0, 0.05) is 36.1 Å². The first kappa shape index (κ1) is 31.1. The highest BCUT2D eigenvalue weighted by Crippen LogP contribution is 2.32. The molecule has 0 spiro atoms. The Morgan fingerprint density at radius 1 is 0.844 bits per heavy atom. The summed E-state index contributed by atoms with van der Waals surface area (Å²) < 4.78 is 41.0. The van der Waals surface area contributed by atoms with E-state index in [-0.39, 0.29) is 29.0 Å². The standard InChI is InChI=1S/C33H34N6O5S/c1-22(23-10-5-4-6-11-23)20-39(21-31(34)40)25-12-9-13-28(18-25)45(41,42)38-33-32(36-29-14-7-8-15-30(29)37-33)35-24-16-26(43-2)19-27(17-24)44-3/h4-19,22H,20-21H2,1-3H3,(H2,34,40)(H,35,36)(H,37,38). The van der Waals surface area contributed by atoms with Gasteiger partial charge in [0.05, 0.1) is 36.7 Å². The predicted molar refractivity (Wildman–Crippen MR) is 176 cm³/mol. The van der Waals surface area contributed by atoms with Gasteiger partial charge in [0.15, 0.2) is 11.6 Å². The second-order valence-electron chi connectivity index (χ2n) is 10.4. The molecule has 0 aliphatic heterocycles. The third-order valence-corrected chi connectivity index (χ3v) is 8.46. The minimum absolute atomic E-state index is 0.00687. The van der Waals surface area contributed by atoms with Crippen molar-refractivity contribution < 1.29 is 22.7 Å². The minimum Gasteiger partial charge on any atom is -0.497 e. The molecule has 0 aliphatic carbocycles. The summed E-state index contributed by atoms with van der Waals surface area (Å²) in [5.74, 6) is 0.750. The van der Waals surface area contributed by atoms with Crippen molar-refractivity contribution in [3.05, 3.63) is 103 Å². The first-order valence-corrected chi connectivity index (χ1v) is 15.6. The number of nitrogens with zero attached hydrogens (tertiary/aromatic N) is 3. The summed E-state index contributed by atoms with van der Waals surface area (Å²) in [6.07, 6.45) is 0. The molecule has 0 radical (unpaired) electrons.